The number of rotatable bonds is 12. The van der Waals surface area contributed by atoms with Crippen molar-refractivity contribution in [1.29, 1.82) is 0 Å². The molecule has 0 spiro atoms. The zero-order valence-electron chi connectivity index (χ0n) is 18.9. The van der Waals surface area contributed by atoms with E-state index in [1.54, 1.807) is 7.11 Å². The fourth-order valence-electron chi connectivity index (χ4n) is 3.97. The first-order valence-corrected chi connectivity index (χ1v) is 11.5. The Bertz CT molecular complexity index is 586. The maximum atomic E-state index is 10.6. The van der Waals surface area contributed by atoms with Gasteiger partial charge in [-0.25, -0.2) is 4.79 Å². The molecule has 0 N–H and O–H groups in total. The van der Waals surface area contributed by atoms with E-state index < -0.39 is 0 Å². The zero-order chi connectivity index (χ0) is 22.0. The van der Waals surface area contributed by atoms with E-state index in [0.717, 1.165) is 56.0 Å². The van der Waals surface area contributed by atoms with Gasteiger partial charge in [-0.15, -0.1) is 0 Å². The highest BCUT2D eigenvalue weighted by molar-refractivity contribution is 5.81. The largest absolute Gasteiger partial charge is 0.463 e. The first-order chi connectivity index (χ1) is 14.6. The quantitative estimate of drug-likeness (QED) is 0.169. The molecule has 1 saturated carbocycles. The number of carbonyl (C=O) groups excluding carboxylic acids is 2. The van der Waals surface area contributed by atoms with Crippen molar-refractivity contribution in [2.24, 2.45) is 5.92 Å². The Morgan fingerprint density at radius 3 is 2.20 bits per heavy atom. The van der Waals surface area contributed by atoms with Crippen molar-refractivity contribution in [2.45, 2.75) is 77.0 Å². The molecule has 1 fully saturated rings. The summed E-state index contributed by atoms with van der Waals surface area (Å²) in [6.07, 6.45) is 14.4. The van der Waals surface area contributed by atoms with E-state index in [1.165, 1.54) is 50.2 Å². The summed E-state index contributed by atoms with van der Waals surface area (Å²) in [5, 5.41) is 0. The van der Waals surface area contributed by atoms with Gasteiger partial charge in [0.25, 0.3) is 0 Å². The Labute approximate surface area is 183 Å². The minimum Gasteiger partial charge on any atom is -0.463 e. The Morgan fingerprint density at radius 1 is 1.03 bits per heavy atom. The summed E-state index contributed by atoms with van der Waals surface area (Å²) in [5.74, 6) is 1.35. The van der Waals surface area contributed by atoms with Crippen LogP contribution in [0.25, 0.3) is 0 Å². The monoisotopic (exact) mass is 416 g/mol. The second-order valence-corrected chi connectivity index (χ2v) is 8.07. The van der Waals surface area contributed by atoms with Crippen LogP contribution in [-0.4, -0.2) is 32.6 Å². The standard InChI is InChI=1S/C16H22O.C10H18O3/c1-2-3-13-4-8-15(9-5-13)16-10-6-14(12-17)7-11-16;1-3-10(11)13-9-7-5-4-6-8-12-2/h6-7,10-13,15H,2-5,8-9H2,1H3;3H,1,4-9H2,2H3. The van der Waals surface area contributed by atoms with Gasteiger partial charge in [0, 0.05) is 25.4 Å². The van der Waals surface area contributed by atoms with Crippen LogP contribution in [0.3, 0.4) is 0 Å². The number of carbonyl (C=O) groups is 2. The third-order valence-corrected chi connectivity index (χ3v) is 5.74. The Hall–Kier alpha value is -1.94. The number of unbranched alkanes of at least 4 members (excludes halogenated alkanes) is 3. The van der Waals surface area contributed by atoms with Crippen molar-refractivity contribution in [3.05, 3.63) is 48.0 Å². The van der Waals surface area contributed by atoms with Crippen molar-refractivity contribution in [2.75, 3.05) is 20.3 Å². The predicted octanol–water partition coefficient (Wildman–Crippen LogP) is 6.50. The average molecular weight is 417 g/mol. The highest BCUT2D eigenvalue weighted by Gasteiger charge is 2.21. The lowest BCUT2D eigenvalue weighted by molar-refractivity contribution is -0.137. The van der Waals surface area contributed by atoms with Crippen LogP contribution in [0, 0.1) is 5.92 Å². The SMILES string of the molecule is C=CC(=O)OCCCCCCOC.CCCC1CCC(c2ccc(C=O)cc2)CC1. The molecule has 4 heteroatoms. The molecule has 168 valence electrons. The molecule has 0 heterocycles. The first kappa shape index (κ1) is 26.1. The summed E-state index contributed by atoms with van der Waals surface area (Å²) in [6.45, 7) is 6.90. The normalized spacial score (nSPS) is 18.1. The van der Waals surface area contributed by atoms with Gasteiger partial charge in [-0.05, 0) is 62.3 Å². The van der Waals surface area contributed by atoms with Gasteiger partial charge < -0.3 is 9.47 Å². The average Bonchev–Trinajstić information content (AvgIpc) is 2.79. The lowest BCUT2D eigenvalue weighted by Crippen LogP contribution is -2.13. The summed E-state index contributed by atoms with van der Waals surface area (Å²) in [4.78, 5) is 21.2. The molecule has 0 amide bonds. The first-order valence-electron chi connectivity index (χ1n) is 11.5. The van der Waals surface area contributed by atoms with E-state index >= 15 is 0 Å². The van der Waals surface area contributed by atoms with Crippen LogP contribution in [0.1, 0.15) is 93.0 Å². The maximum absolute atomic E-state index is 10.6. The molecule has 0 radical (unpaired) electrons. The van der Waals surface area contributed by atoms with E-state index in [1.807, 2.05) is 12.1 Å². The summed E-state index contributed by atoms with van der Waals surface area (Å²) >= 11 is 0. The molecule has 2 rings (SSSR count). The molecule has 0 bridgehead atoms. The second-order valence-electron chi connectivity index (χ2n) is 8.07. The molecule has 0 atom stereocenters. The minimum atomic E-state index is -0.336. The number of benzene rings is 1. The molecule has 0 unspecified atom stereocenters. The number of methoxy groups -OCH3 is 1. The van der Waals surface area contributed by atoms with Crippen LogP contribution in [0.2, 0.25) is 0 Å². The van der Waals surface area contributed by atoms with E-state index in [9.17, 15) is 9.59 Å². The molecule has 4 nitrogen and oxygen atoms in total. The number of aldehydes is 1. The van der Waals surface area contributed by atoms with E-state index in [0.29, 0.717) is 6.61 Å². The van der Waals surface area contributed by atoms with Gasteiger partial charge in [0.2, 0.25) is 0 Å². The number of ether oxygens (including phenoxy) is 2. The van der Waals surface area contributed by atoms with Gasteiger partial charge >= 0.3 is 5.97 Å². The predicted molar refractivity (Wildman–Crippen MR) is 123 cm³/mol. The summed E-state index contributed by atoms with van der Waals surface area (Å²) in [7, 11) is 1.70. The molecule has 30 heavy (non-hydrogen) atoms. The van der Waals surface area contributed by atoms with E-state index in [4.69, 9.17) is 9.47 Å². The van der Waals surface area contributed by atoms with E-state index in [-0.39, 0.29) is 5.97 Å². The molecule has 0 aromatic heterocycles. The van der Waals surface area contributed by atoms with Crippen LogP contribution in [-0.2, 0) is 14.3 Å². The van der Waals surface area contributed by atoms with Crippen LogP contribution in [0.5, 0.6) is 0 Å². The third-order valence-electron chi connectivity index (χ3n) is 5.74. The lowest BCUT2D eigenvalue weighted by atomic mass is 9.77. The fraction of sp³-hybridized carbons (Fsp3) is 0.615. The second kappa shape index (κ2) is 16.8. The molecule has 1 aliphatic rings. The van der Waals surface area contributed by atoms with Crippen molar-refractivity contribution in [1.82, 2.24) is 0 Å². The van der Waals surface area contributed by atoms with Crippen LogP contribution in [0.15, 0.2) is 36.9 Å². The Morgan fingerprint density at radius 2 is 1.67 bits per heavy atom. The minimum absolute atomic E-state index is 0.336. The molecule has 1 aromatic carbocycles. The number of hydrogen-bond donors (Lipinski definition) is 0. The summed E-state index contributed by atoms with van der Waals surface area (Å²) in [6, 6.07) is 8.16. The molecule has 1 aliphatic carbocycles. The Balaban J connectivity index is 0.000000314. The summed E-state index contributed by atoms with van der Waals surface area (Å²) < 4.78 is 9.71. The maximum Gasteiger partial charge on any atom is 0.330 e. The fourth-order valence-corrected chi connectivity index (χ4v) is 3.97. The van der Waals surface area contributed by atoms with Crippen molar-refractivity contribution < 1.29 is 19.1 Å². The van der Waals surface area contributed by atoms with E-state index in [2.05, 4.69) is 25.6 Å². The van der Waals surface area contributed by atoms with Crippen LogP contribution < -0.4 is 0 Å². The Kier molecular flexibility index (Phi) is 14.6. The number of hydrogen-bond acceptors (Lipinski definition) is 4. The van der Waals surface area contributed by atoms with Gasteiger partial charge in [0.1, 0.15) is 6.29 Å². The van der Waals surface area contributed by atoms with Gasteiger partial charge in [0.05, 0.1) is 6.61 Å². The summed E-state index contributed by atoms with van der Waals surface area (Å²) in [5.41, 5.74) is 2.21. The molecule has 1 aromatic rings. The number of esters is 1. The topological polar surface area (TPSA) is 52.6 Å². The van der Waals surface area contributed by atoms with Gasteiger partial charge in [-0.1, -0.05) is 57.0 Å². The smallest absolute Gasteiger partial charge is 0.330 e. The zero-order valence-corrected chi connectivity index (χ0v) is 18.9. The van der Waals surface area contributed by atoms with Gasteiger partial charge in [-0.2, -0.15) is 0 Å². The van der Waals surface area contributed by atoms with Crippen LogP contribution in [0.4, 0.5) is 0 Å². The van der Waals surface area contributed by atoms with Crippen molar-refractivity contribution >= 4 is 12.3 Å². The van der Waals surface area contributed by atoms with Crippen LogP contribution >= 0.6 is 0 Å². The van der Waals surface area contributed by atoms with Crippen molar-refractivity contribution in [3.8, 4) is 0 Å². The van der Waals surface area contributed by atoms with Crippen molar-refractivity contribution in [3.63, 3.8) is 0 Å². The highest BCUT2D eigenvalue weighted by Crippen LogP contribution is 2.37. The molecular formula is C26H40O4. The molecular weight excluding hydrogens is 376 g/mol. The highest BCUT2D eigenvalue weighted by atomic mass is 16.5. The van der Waals surface area contributed by atoms with Gasteiger partial charge in [-0.3, -0.25) is 4.79 Å². The van der Waals surface area contributed by atoms with Gasteiger partial charge in [0.15, 0.2) is 0 Å². The molecule has 0 saturated heterocycles. The molecule has 0 aliphatic heterocycles. The third kappa shape index (κ3) is 11.3. The lowest BCUT2D eigenvalue weighted by Gasteiger charge is -2.28.